The van der Waals surface area contributed by atoms with E-state index in [4.69, 9.17) is 0 Å². The van der Waals surface area contributed by atoms with E-state index in [2.05, 4.69) is 12.2 Å². The minimum atomic E-state index is -0.0882. The number of nitrogens with one attached hydrogen (secondary N) is 1. The van der Waals surface area contributed by atoms with Crippen molar-refractivity contribution >= 4 is 0 Å². The van der Waals surface area contributed by atoms with Crippen LogP contribution < -0.4 is 5.32 Å². The minimum Gasteiger partial charge on any atom is -0.392 e. The van der Waals surface area contributed by atoms with E-state index in [9.17, 15) is 5.11 Å². The van der Waals surface area contributed by atoms with Crippen molar-refractivity contribution in [2.75, 3.05) is 6.54 Å². The van der Waals surface area contributed by atoms with Gasteiger partial charge in [0.1, 0.15) is 0 Å². The van der Waals surface area contributed by atoms with Crippen LogP contribution in [0.15, 0.2) is 0 Å². The molecule has 4 atom stereocenters. The predicted octanol–water partition coefficient (Wildman–Crippen LogP) is 2.71. The molecular formula is C14H27NO. The van der Waals surface area contributed by atoms with Crippen molar-refractivity contribution in [3.8, 4) is 0 Å². The molecule has 2 nitrogen and oxygen atoms in total. The lowest BCUT2D eigenvalue weighted by atomic mass is 9.82. The Labute approximate surface area is 99.8 Å². The van der Waals surface area contributed by atoms with Crippen LogP contribution in [-0.2, 0) is 0 Å². The molecule has 0 heterocycles. The van der Waals surface area contributed by atoms with E-state index in [0.717, 1.165) is 24.8 Å². The van der Waals surface area contributed by atoms with Crippen molar-refractivity contribution in [1.29, 1.82) is 0 Å². The number of hydrogen-bond acceptors (Lipinski definition) is 2. The SMILES string of the molecule is CC1CCCC(CNC2CCCCC2O)C1. The molecule has 0 bridgehead atoms. The third-order valence-corrected chi connectivity index (χ3v) is 4.44. The molecule has 16 heavy (non-hydrogen) atoms. The van der Waals surface area contributed by atoms with E-state index in [1.807, 2.05) is 0 Å². The highest BCUT2D eigenvalue weighted by Gasteiger charge is 2.24. The zero-order chi connectivity index (χ0) is 11.4. The van der Waals surface area contributed by atoms with Crippen LogP contribution in [0.4, 0.5) is 0 Å². The van der Waals surface area contributed by atoms with Gasteiger partial charge in [-0.25, -0.2) is 0 Å². The summed E-state index contributed by atoms with van der Waals surface area (Å²) < 4.78 is 0. The lowest BCUT2D eigenvalue weighted by molar-refractivity contribution is 0.0867. The number of aliphatic hydroxyl groups excluding tert-OH is 1. The molecule has 2 aliphatic carbocycles. The van der Waals surface area contributed by atoms with Gasteiger partial charge in [0.15, 0.2) is 0 Å². The van der Waals surface area contributed by atoms with Gasteiger partial charge in [-0.2, -0.15) is 0 Å². The van der Waals surface area contributed by atoms with Gasteiger partial charge in [-0.3, -0.25) is 0 Å². The smallest absolute Gasteiger partial charge is 0.0693 e. The summed E-state index contributed by atoms with van der Waals surface area (Å²) in [4.78, 5) is 0. The van der Waals surface area contributed by atoms with Gasteiger partial charge in [-0.15, -0.1) is 0 Å². The molecule has 0 aromatic heterocycles. The van der Waals surface area contributed by atoms with Crippen molar-refractivity contribution in [3.05, 3.63) is 0 Å². The molecule has 0 amide bonds. The Hall–Kier alpha value is -0.0800. The van der Waals surface area contributed by atoms with Crippen molar-refractivity contribution in [1.82, 2.24) is 5.32 Å². The second kappa shape index (κ2) is 6.02. The molecule has 2 heteroatoms. The fourth-order valence-corrected chi connectivity index (χ4v) is 3.41. The molecule has 0 aliphatic heterocycles. The number of aliphatic hydroxyl groups is 1. The Bertz CT molecular complexity index is 207. The molecule has 2 rings (SSSR count). The van der Waals surface area contributed by atoms with E-state index in [1.54, 1.807) is 0 Å². The monoisotopic (exact) mass is 225 g/mol. The van der Waals surface area contributed by atoms with Crippen molar-refractivity contribution in [2.24, 2.45) is 11.8 Å². The van der Waals surface area contributed by atoms with Gasteiger partial charge in [0.25, 0.3) is 0 Å². The van der Waals surface area contributed by atoms with Crippen molar-refractivity contribution in [3.63, 3.8) is 0 Å². The fourth-order valence-electron chi connectivity index (χ4n) is 3.41. The van der Waals surface area contributed by atoms with Gasteiger partial charge < -0.3 is 10.4 Å². The zero-order valence-corrected chi connectivity index (χ0v) is 10.6. The predicted molar refractivity (Wildman–Crippen MR) is 67.4 cm³/mol. The van der Waals surface area contributed by atoms with Crippen LogP contribution in [0.3, 0.4) is 0 Å². The maximum atomic E-state index is 9.89. The standard InChI is InChI=1S/C14H27NO/c1-11-5-4-6-12(9-11)10-15-13-7-2-3-8-14(13)16/h11-16H,2-10H2,1H3. The molecule has 2 N–H and O–H groups in total. The lowest BCUT2D eigenvalue weighted by Crippen LogP contribution is -2.44. The molecule has 94 valence electrons. The van der Waals surface area contributed by atoms with Crippen molar-refractivity contribution < 1.29 is 5.11 Å². The zero-order valence-electron chi connectivity index (χ0n) is 10.6. The van der Waals surface area contributed by atoms with Gasteiger partial charge in [0.2, 0.25) is 0 Å². The maximum Gasteiger partial charge on any atom is 0.0693 e. The molecule has 0 radical (unpaired) electrons. The van der Waals surface area contributed by atoms with E-state index in [1.165, 1.54) is 44.9 Å². The van der Waals surface area contributed by atoms with E-state index in [-0.39, 0.29) is 6.10 Å². The summed E-state index contributed by atoms with van der Waals surface area (Å²) in [7, 11) is 0. The summed E-state index contributed by atoms with van der Waals surface area (Å²) in [6, 6.07) is 0.381. The highest BCUT2D eigenvalue weighted by atomic mass is 16.3. The first-order chi connectivity index (χ1) is 7.75. The van der Waals surface area contributed by atoms with Crippen LogP contribution in [0.2, 0.25) is 0 Å². The maximum absolute atomic E-state index is 9.89. The second-order valence-corrected chi connectivity index (χ2v) is 6.00. The first kappa shape index (κ1) is 12.4. The third-order valence-electron chi connectivity index (χ3n) is 4.44. The third kappa shape index (κ3) is 3.46. The molecule has 2 fully saturated rings. The molecule has 2 aliphatic rings. The first-order valence-electron chi connectivity index (χ1n) is 7.17. The minimum absolute atomic E-state index is 0.0882. The summed E-state index contributed by atoms with van der Waals surface area (Å²) >= 11 is 0. The van der Waals surface area contributed by atoms with Crippen LogP contribution in [0, 0.1) is 11.8 Å². The lowest BCUT2D eigenvalue weighted by Gasteiger charge is -2.32. The van der Waals surface area contributed by atoms with Crippen molar-refractivity contribution in [2.45, 2.75) is 70.4 Å². The first-order valence-corrected chi connectivity index (χ1v) is 7.17. The van der Waals surface area contributed by atoms with Gasteiger partial charge in [-0.05, 0) is 44.1 Å². The Balaban J connectivity index is 1.69. The second-order valence-electron chi connectivity index (χ2n) is 6.00. The molecule has 4 unspecified atom stereocenters. The number of hydrogen-bond donors (Lipinski definition) is 2. The Morgan fingerprint density at radius 3 is 2.62 bits per heavy atom. The largest absolute Gasteiger partial charge is 0.392 e. The molecule has 0 aromatic carbocycles. The Kier molecular flexibility index (Phi) is 4.66. The molecule has 0 saturated heterocycles. The Morgan fingerprint density at radius 1 is 1.06 bits per heavy atom. The summed E-state index contributed by atoms with van der Waals surface area (Å²) in [5.41, 5.74) is 0. The van der Waals surface area contributed by atoms with E-state index >= 15 is 0 Å². The van der Waals surface area contributed by atoms with Gasteiger partial charge >= 0.3 is 0 Å². The van der Waals surface area contributed by atoms with E-state index in [0.29, 0.717) is 6.04 Å². The van der Waals surface area contributed by atoms with E-state index < -0.39 is 0 Å². The molecule has 2 saturated carbocycles. The van der Waals surface area contributed by atoms with Crippen LogP contribution in [-0.4, -0.2) is 23.8 Å². The van der Waals surface area contributed by atoms with Crippen LogP contribution >= 0.6 is 0 Å². The van der Waals surface area contributed by atoms with Gasteiger partial charge in [0.05, 0.1) is 6.10 Å². The highest BCUT2D eigenvalue weighted by Crippen LogP contribution is 2.28. The highest BCUT2D eigenvalue weighted by molar-refractivity contribution is 4.82. The average molecular weight is 225 g/mol. The summed E-state index contributed by atoms with van der Waals surface area (Å²) in [5.74, 6) is 1.77. The molecule has 0 aromatic rings. The van der Waals surface area contributed by atoms with Crippen LogP contribution in [0.25, 0.3) is 0 Å². The fraction of sp³-hybridized carbons (Fsp3) is 1.00. The average Bonchev–Trinajstić information content (AvgIpc) is 2.28. The van der Waals surface area contributed by atoms with Gasteiger partial charge in [0, 0.05) is 6.04 Å². The normalized spacial score (nSPS) is 40.9. The summed E-state index contributed by atoms with van der Waals surface area (Å²) in [6.45, 7) is 3.51. The molecular weight excluding hydrogens is 198 g/mol. The molecule has 0 spiro atoms. The summed E-state index contributed by atoms with van der Waals surface area (Å²) in [6.07, 6.45) is 10.2. The summed E-state index contributed by atoms with van der Waals surface area (Å²) in [5, 5.41) is 13.5. The topological polar surface area (TPSA) is 32.3 Å². The quantitative estimate of drug-likeness (QED) is 0.774. The Morgan fingerprint density at radius 2 is 1.88 bits per heavy atom. The van der Waals surface area contributed by atoms with Crippen LogP contribution in [0.1, 0.15) is 58.3 Å². The number of rotatable bonds is 3. The van der Waals surface area contributed by atoms with Crippen LogP contribution in [0.5, 0.6) is 0 Å². The van der Waals surface area contributed by atoms with Gasteiger partial charge in [-0.1, -0.05) is 32.6 Å².